The Kier molecular flexibility index (Phi) is 4.18. The number of para-hydroxylation sites is 1. The Hall–Kier alpha value is -3.48. The Bertz CT molecular complexity index is 1050. The molecule has 0 aliphatic rings. The van der Waals surface area contributed by atoms with Gasteiger partial charge in [0.05, 0.1) is 24.4 Å². The Labute approximate surface area is 149 Å². The molecule has 2 aromatic carbocycles. The van der Waals surface area contributed by atoms with Crippen molar-refractivity contribution in [1.82, 2.24) is 19.7 Å². The molecule has 6 nitrogen and oxygen atoms in total. The lowest BCUT2D eigenvalue weighted by Crippen LogP contribution is -2.04. The molecule has 2 aromatic heterocycles. The fraction of sp³-hybridized carbons (Fsp3) is 0.105. The summed E-state index contributed by atoms with van der Waals surface area (Å²) in [5.74, 6) is 0.776. The minimum atomic E-state index is -0.342. The smallest absolute Gasteiger partial charge is 0.168 e. The molecule has 4 rings (SSSR count). The van der Waals surface area contributed by atoms with E-state index in [1.54, 1.807) is 16.9 Å². The second kappa shape index (κ2) is 6.79. The summed E-state index contributed by atoms with van der Waals surface area (Å²) >= 11 is 0. The van der Waals surface area contributed by atoms with Crippen molar-refractivity contribution in [3.63, 3.8) is 0 Å². The molecular formula is C19H16FN5O. The number of hydrogen-bond acceptors (Lipinski definition) is 5. The van der Waals surface area contributed by atoms with Gasteiger partial charge in [0.1, 0.15) is 23.7 Å². The summed E-state index contributed by atoms with van der Waals surface area (Å²) in [6.45, 7) is 0.400. The first-order valence-electron chi connectivity index (χ1n) is 8.06. The molecule has 130 valence electrons. The minimum absolute atomic E-state index is 0.342. The minimum Gasteiger partial charge on any atom is -0.497 e. The number of nitrogens with zero attached hydrogens (tertiary/aromatic N) is 4. The highest BCUT2D eigenvalue weighted by atomic mass is 19.1. The first-order chi connectivity index (χ1) is 12.7. The lowest BCUT2D eigenvalue weighted by Gasteiger charge is -2.09. The maximum atomic E-state index is 13.6. The molecule has 0 saturated heterocycles. The van der Waals surface area contributed by atoms with Gasteiger partial charge in [-0.15, -0.1) is 0 Å². The number of halogens is 1. The van der Waals surface area contributed by atoms with E-state index in [2.05, 4.69) is 20.4 Å². The molecule has 0 spiro atoms. The van der Waals surface area contributed by atoms with Gasteiger partial charge in [0.25, 0.3) is 0 Å². The van der Waals surface area contributed by atoms with Gasteiger partial charge in [-0.1, -0.05) is 18.2 Å². The van der Waals surface area contributed by atoms with Gasteiger partial charge < -0.3 is 10.1 Å². The van der Waals surface area contributed by atoms with Crippen LogP contribution in [-0.2, 0) is 6.54 Å². The van der Waals surface area contributed by atoms with Crippen LogP contribution in [0.5, 0.6) is 5.75 Å². The van der Waals surface area contributed by atoms with Crippen LogP contribution in [0.15, 0.2) is 61.1 Å². The number of aromatic nitrogens is 4. The molecule has 0 saturated carbocycles. The monoisotopic (exact) mass is 349 g/mol. The second-order valence-corrected chi connectivity index (χ2v) is 5.70. The van der Waals surface area contributed by atoms with Crippen molar-refractivity contribution < 1.29 is 9.13 Å². The first kappa shape index (κ1) is 16.0. The van der Waals surface area contributed by atoms with Crippen molar-refractivity contribution in [2.24, 2.45) is 0 Å². The fourth-order valence-electron chi connectivity index (χ4n) is 2.77. The highest BCUT2D eigenvalue weighted by molar-refractivity contribution is 5.87. The Morgan fingerprint density at radius 3 is 2.77 bits per heavy atom. The van der Waals surface area contributed by atoms with Gasteiger partial charge in [-0.2, -0.15) is 5.10 Å². The standard InChI is InChI=1S/C19H16FN5O/c1-26-16-8-13(7-14(20)9-16)10-21-18-17-11-24-25(19(17)23-12-22-18)15-5-3-2-4-6-15/h2-9,11-12H,10H2,1H3,(H,21,22,23). The normalized spacial score (nSPS) is 10.8. The molecule has 26 heavy (non-hydrogen) atoms. The quantitative estimate of drug-likeness (QED) is 0.597. The molecule has 0 unspecified atom stereocenters. The number of hydrogen-bond donors (Lipinski definition) is 1. The molecule has 0 radical (unpaired) electrons. The fourth-order valence-corrected chi connectivity index (χ4v) is 2.77. The molecule has 0 aliphatic carbocycles. The zero-order valence-corrected chi connectivity index (χ0v) is 14.1. The molecule has 1 N–H and O–H groups in total. The van der Waals surface area contributed by atoms with E-state index in [9.17, 15) is 4.39 Å². The number of rotatable bonds is 5. The lowest BCUT2D eigenvalue weighted by atomic mass is 10.2. The van der Waals surface area contributed by atoms with E-state index in [4.69, 9.17) is 4.74 Å². The van der Waals surface area contributed by atoms with E-state index in [1.165, 1.54) is 25.6 Å². The molecule has 4 aromatic rings. The molecule has 0 fully saturated rings. The zero-order valence-electron chi connectivity index (χ0n) is 14.1. The molecule has 2 heterocycles. The van der Waals surface area contributed by atoms with Crippen LogP contribution in [0.2, 0.25) is 0 Å². The van der Waals surface area contributed by atoms with Gasteiger partial charge in [-0.05, 0) is 29.8 Å². The topological polar surface area (TPSA) is 64.9 Å². The van der Waals surface area contributed by atoms with Crippen LogP contribution in [0.3, 0.4) is 0 Å². The first-order valence-corrected chi connectivity index (χ1v) is 8.06. The summed E-state index contributed by atoms with van der Waals surface area (Å²) in [6, 6.07) is 14.3. The summed E-state index contributed by atoms with van der Waals surface area (Å²) in [5.41, 5.74) is 2.37. The summed E-state index contributed by atoms with van der Waals surface area (Å²) in [6.07, 6.45) is 3.20. The van der Waals surface area contributed by atoms with Crippen LogP contribution in [0.25, 0.3) is 16.7 Å². The van der Waals surface area contributed by atoms with Crippen LogP contribution in [-0.4, -0.2) is 26.9 Å². The van der Waals surface area contributed by atoms with Gasteiger partial charge in [0.2, 0.25) is 0 Å². The van der Waals surface area contributed by atoms with Gasteiger partial charge in [0, 0.05) is 12.6 Å². The predicted octanol–water partition coefficient (Wildman–Crippen LogP) is 3.58. The summed E-state index contributed by atoms with van der Waals surface area (Å²) in [4.78, 5) is 8.64. The van der Waals surface area contributed by atoms with Crippen molar-refractivity contribution in [3.05, 3.63) is 72.4 Å². The van der Waals surface area contributed by atoms with Crippen molar-refractivity contribution in [2.45, 2.75) is 6.54 Å². The van der Waals surface area contributed by atoms with E-state index in [0.29, 0.717) is 23.8 Å². The number of benzene rings is 2. The van der Waals surface area contributed by atoms with Crippen molar-refractivity contribution in [1.29, 1.82) is 0 Å². The summed E-state index contributed by atoms with van der Waals surface area (Å²) in [7, 11) is 1.51. The number of anilines is 1. The van der Waals surface area contributed by atoms with Gasteiger partial charge >= 0.3 is 0 Å². The average Bonchev–Trinajstić information content (AvgIpc) is 3.11. The third-order valence-corrected chi connectivity index (χ3v) is 3.99. The largest absolute Gasteiger partial charge is 0.497 e. The third kappa shape index (κ3) is 3.06. The van der Waals surface area contributed by atoms with E-state index in [-0.39, 0.29) is 5.82 Å². The van der Waals surface area contributed by atoms with Crippen molar-refractivity contribution in [3.8, 4) is 11.4 Å². The van der Waals surface area contributed by atoms with Gasteiger partial charge in [0.15, 0.2) is 5.65 Å². The highest BCUT2D eigenvalue weighted by Crippen LogP contribution is 2.23. The highest BCUT2D eigenvalue weighted by Gasteiger charge is 2.11. The molecule has 0 amide bonds. The lowest BCUT2D eigenvalue weighted by molar-refractivity contribution is 0.410. The molecular weight excluding hydrogens is 333 g/mol. The number of nitrogens with one attached hydrogen (secondary N) is 1. The molecule has 0 atom stereocenters. The second-order valence-electron chi connectivity index (χ2n) is 5.70. The number of fused-ring (bicyclic) bond motifs is 1. The maximum absolute atomic E-state index is 13.6. The van der Waals surface area contributed by atoms with Gasteiger partial charge in [-0.3, -0.25) is 0 Å². The third-order valence-electron chi connectivity index (χ3n) is 3.99. The van der Waals surface area contributed by atoms with Crippen LogP contribution in [0, 0.1) is 5.82 Å². The van der Waals surface area contributed by atoms with Crippen molar-refractivity contribution >= 4 is 16.9 Å². The number of ether oxygens (including phenoxy) is 1. The molecule has 0 bridgehead atoms. The predicted molar refractivity (Wildman–Crippen MR) is 96.9 cm³/mol. The van der Waals surface area contributed by atoms with Crippen LogP contribution in [0.1, 0.15) is 5.56 Å². The molecule has 0 aliphatic heterocycles. The van der Waals surface area contributed by atoms with Crippen LogP contribution in [0.4, 0.5) is 10.2 Å². The van der Waals surface area contributed by atoms with Crippen LogP contribution < -0.4 is 10.1 Å². The summed E-state index contributed by atoms with van der Waals surface area (Å²) in [5, 5.41) is 8.43. The maximum Gasteiger partial charge on any atom is 0.168 e. The Morgan fingerprint density at radius 2 is 1.96 bits per heavy atom. The average molecular weight is 349 g/mol. The van der Waals surface area contributed by atoms with E-state index >= 15 is 0 Å². The van der Waals surface area contributed by atoms with E-state index in [1.807, 2.05) is 30.3 Å². The van der Waals surface area contributed by atoms with Gasteiger partial charge in [-0.25, -0.2) is 19.0 Å². The van der Waals surface area contributed by atoms with E-state index in [0.717, 1.165) is 16.6 Å². The summed E-state index contributed by atoms with van der Waals surface area (Å²) < 4.78 is 20.5. The number of methoxy groups -OCH3 is 1. The van der Waals surface area contributed by atoms with Crippen LogP contribution >= 0.6 is 0 Å². The SMILES string of the molecule is COc1cc(F)cc(CNc2ncnc3c2cnn3-c2ccccc2)c1. The Balaban J connectivity index is 1.64. The van der Waals surface area contributed by atoms with Crippen molar-refractivity contribution in [2.75, 3.05) is 12.4 Å². The van der Waals surface area contributed by atoms with E-state index < -0.39 is 0 Å². The zero-order chi connectivity index (χ0) is 17.9. The molecule has 7 heteroatoms. The Morgan fingerprint density at radius 1 is 1.12 bits per heavy atom.